The molecule has 0 aliphatic carbocycles. The lowest BCUT2D eigenvalue weighted by molar-refractivity contribution is -0.114. The molecule has 0 aromatic heterocycles. The second-order valence-corrected chi connectivity index (χ2v) is 5.18. The molecule has 2 rings (SSSR count). The molecule has 0 atom stereocenters. The Labute approximate surface area is 130 Å². The minimum Gasteiger partial charge on any atom is -0.478 e. The average Bonchev–Trinajstić information content (AvgIpc) is 2.47. The number of hydrogen-bond donors (Lipinski definition) is 3. The van der Waals surface area contributed by atoms with Crippen LogP contribution in [0.15, 0.2) is 53.0 Å². The highest BCUT2D eigenvalue weighted by Gasteiger charge is 2.11. The zero-order valence-corrected chi connectivity index (χ0v) is 12.6. The van der Waals surface area contributed by atoms with Gasteiger partial charge in [-0.2, -0.15) is 0 Å². The van der Waals surface area contributed by atoms with E-state index in [1.165, 1.54) is 6.07 Å². The van der Waals surface area contributed by atoms with Crippen molar-refractivity contribution in [2.45, 2.75) is 0 Å². The lowest BCUT2D eigenvalue weighted by atomic mass is 10.2. The van der Waals surface area contributed by atoms with Crippen LogP contribution in [-0.2, 0) is 4.79 Å². The zero-order chi connectivity index (χ0) is 15.2. The number of aromatic carboxylic acids is 1. The molecule has 0 saturated carbocycles. The quantitative estimate of drug-likeness (QED) is 0.775. The first-order valence-electron chi connectivity index (χ1n) is 6.18. The Bertz CT molecular complexity index is 656. The summed E-state index contributed by atoms with van der Waals surface area (Å²) in [5, 5.41) is 14.6. The Morgan fingerprint density at radius 3 is 2.38 bits per heavy atom. The standard InChI is InChI=1S/C15H13BrN2O3/c16-10-5-7-11(8-6-10)17-9-14(19)18-13-4-2-1-3-12(13)15(20)21/h1-8,17H,9H2,(H,18,19)(H,20,21). The molecule has 0 aliphatic rings. The van der Waals surface area contributed by atoms with Gasteiger partial charge < -0.3 is 15.7 Å². The molecule has 1 amide bonds. The van der Waals surface area contributed by atoms with Crippen LogP contribution in [0.25, 0.3) is 0 Å². The number of para-hydroxylation sites is 1. The summed E-state index contributed by atoms with van der Waals surface area (Å²) >= 11 is 3.33. The molecule has 6 heteroatoms. The summed E-state index contributed by atoms with van der Waals surface area (Å²) in [6.07, 6.45) is 0. The number of carbonyl (C=O) groups is 2. The van der Waals surface area contributed by atoms with Crippen molar-refractivity contribution in [3.63, 3.8) is 0 Å². The van der Waals surface area contributed by atoms with Crippen molar-refractivity contribution in [1.29, 1.82) is 0 Å². The van der Waals surface area contributed by atoms with Crippen LogP contribution in [0, 0.1) is 0 Å². The van der Waals surface area contributed by atoms with E-state index in [1.54, 1.807) is 18.2 Å². The summed E-state index contributed by atoms with van der Waals surface area (Å²) in [4.78, 5) is 22.9. The van der Waals surface area contributed by atoms with E-state index in [0.29, 0.717) is 0 Å². The molecule has 0 fully saturated rings. The highest BCUT2D eigenvalue weighted by molar-refractivity contribution is 9.10. The summed E-state index contributed by atoms with van der Waals surface area (Å²) in [7, 11) is 0. The summed E-state index contributed by atoms with van der Waals surface area (Å²) in [6, 6.07) is 13.7. The number of amides is 1. The van der Waals surface area contributed by atoms with Gasteiger partial charge >= 0.3 is 5.97 Å². The number of benzene rings is 2. The molecule has 5 nitrogen and oxygen atoms in total. The zero-order valence-electron chi connectivity index (χ0n) is 11.0. The number of nitrogens with one attached hydrogen (secondary N) is 2. The van der Waals surface area contributed by atoms with E-state index in [1.807, 2.05) is 24.3 Å². The first-order valence-corrected chi connectivity index (χ1v) is 6.97. The Morgan fingerprint density at radius 2 is 1.71 bits per heavy atom. The predicted octanol–water partition coefficient (Wildman–Crippen LogP) is 3.20. The van der Waals surface area contributed by atoms with Gasteiger partial charge in [0, 0.05) is 10.2 Å². The monoisotopic (exact) mass is 348 g/mol. The van der Waals surface area contributed by atoms with E-state index in [2.05, 4.69) is 26.6 Å². The third-order valence-electron chi connectivity index (χ3n) is 2.73. The molecule has 0 spiro atoms. The largest absolute Gasteiger partial charge is 0.478 e. The summed E-state index contributed by atoms with van der Waals surface area (Å²) in [6.45, 7) is 0.0512. The first kappa shape index (κ1) is 15.1. The molecule has 2 aromatic rings. The fourth-order valence-electron chi connectivity index (χ4n) is 1.72. The summed E-state index contributed by atoms with van der Waals surface area (Å²) in [5.74, 6) is -1.39. The van der Waals surface area contributed by atoms with Crippen LogP contribution in [0.2, 0.25) is 0 Å². The van der Waals surface area contributed by atoms with E-state index >= 15 is 0 Å². The Kier molecular flexibility index (Phi) is 4.94. The number of anilines is 2. The van der Waals surface area contributed by atoms with Gasteiger partial charge in [-0.25, -0.2) is 4.79 Å². The van der Waals surface area contributed by atoms with Crippen molar-refractivity contribution in [3.05, 3.63) is 58.6 Å². The minimum absolute atomic E-state index is 0.0512. The third kappa shape index (κ3) is 4.32. The van der Waals surface area contributed by atoms with Gasteiger partial charge in [0.2, 0.25) is 5.91 Å². The molecule has 0 aliphatic heterocycles. The van der Waals surface area contributed by atoms with Crippen LogP contribution in [0.1, 0.15) is 10.4 Å². The van der Waals surface area contributed by atoms with Gasteiger partial charge in [-0.15, -0.1) is 0 Å². The molecule has 0 unspecified atom stereocenters. The summed E-state index contributed by atoms with van der Waals surface area (Å²) < 4.78 is 0.952. The van der Waals surface area contributed by atoms with Gasteiger partial charge in [0.05, 0.1) is 17.8 Å². The molecular weight excluding hydrogens is 336 g/mol. The van der Waals surface area contributed by atoms with E-state index in [0.717, 1.165) is 10.2 Å². The molecule has 0 saturated heterocycles. The van der Waals surface area contributed by atoms with Crippen LogP contribution < -0.4 is 10.6 Å². The van der Waals surface area contributed by atoms with Crippen molar-refractivity contribution >= 4 is 39.2 Å². The van der Waals surface area contributed by atoms with Gasteiger partial charge in [0.1, 0.15) is 0 Å². The summed E-state index contributed by atoms with van der Waals surface area (Å²) in [5.41, 5.74) is 1.15. The molecule has 3 N–H and O–H groups in total. The number of rotatable bonds is 5. The highest BCUT2D eigenvalue weighted by atomic mass is 79.9. The topological polar surface area (TPSA) is 78.4 Å². The van der Waals surface area contributed by atoms with Crippen molar-refractivity contribution < 1.29 is 14.7 Å². The van der Waals surface area contributed by atoms with Gasteiger partial charge in [-0.05, 0) is 36.4 Å². The molecule has 0 bridgehead atoms. The maximum absolute atomic E-state index is 11.9. The number of carbonyl (C=O) groups excluding carboxylic acids is 1. The minimum atomic E-state index is -1.08. The lowest BCUT2D eigenvalue weighted by Gasteiger charge is -2.09. The van der Waals surface area contributed by atoms with Gasteiger partial charge in [0.25, 0.3) is 0 Å². The normalized spacial score (nSPS) is 9.95. The Morgan fingerprint density at radius 1 is 1.05 bits per heavy atom. The molecule has 0 heterocycles. The fraction of sp³-hybridized carbons (Fsp3) is 0.0667. The van der Waals surface area contributed by atoms with Crippen molar-refractivity contribution in [2.75, 3.05) is 17.2 Å². The average molecular weight is 349 g/mol. The molecule has 21 heavy (non-hydrogen) atoms. The van der Waals surface area contributed by atoms with Crippen molar-refractivity contribution in [3.8, 4) is 0 Å². The van der Waals surface area contributed by atoms with Gasteiger partial charge in [-0.1, -0.05) is 28.1 Å². The molecule has 108 valence electrons. The van der Waals surface area contributed by atoms with E-state index in [-0.39, 0.29) is 23.7 Å². The van der Waals surface area contributed by atoms with E-state index in [9.17, 15) is 9.59 Å². The van der Waals surface area contributed by atoms with Crippen LogP contribution in [0.4, 0.5) is 11.4 Å². The number of hydrogen-bond acceptors (Lipinski definition) is 3. The lowest BCUT2D eigenvalue weighted by Crippen LogP contribution is -2.22. The number of carboxylic acid groups (broad SMARTS) is 1. The van der Waals surface area contributed by atoms with Gasteiger partial charge in [-0.3, -0.25) is 4.79 Å². The van der Waals surface area contributed by atoms with E-state index in [4.69, 9.17) is 5.11 Å². The smallest absolute Gasteiger partial charge is 0.337 e. The maximum atomic E-state index is 11.9. The predicted molar refractivity (Wildman–Crippen MR) is 84.7 cm³/mol. The van der Waals surface area contributed by atoms with E-state index < -0.39 is 5.97 Å². The van der Waals surface area contributed by atoms with Crippen LogP contribution in [0.3, 0.4) is 0 Å². The Balaban J connectivity index is 1.96. The number of halogens is 1. The second kappa shape index (κ2) is 6.90. The van der Waals surface area contributed by atoms with Crippen LogP contribution in [-0.4, -0.2) is 23.5 Å². The van der Waals surface area contributed by atoms with Crippen LogP contribution >= 0.6 is 15.9 Å². The molecule has 0 radical (unpaired) electrons. The SMILES string of the molecule is O=C(CNc1ccc(Br)cc1)Nc1ccccc1C(=O)O. The van der Waals surface area contributed by atoms with Crippen LogP contribution in [0.5, 0.6) is 0 Å². The molecule has 2 aromatic carbocycles. The van der Waals surface area contributed by atoms with Crippen molar-refractivity contribution in [1.82, 2.24) is 0 Å². The second-order valence-electron chi connectivity index (χ2n) is 4.26. The number of carboxylic acids is 1. The first-order chi connectivity index (χ1) is 10.1. The Hall–Kier alpha value is -2.34. The third-order valence-corrected chi connectivity index (χ3v) is 3.26. The maximum Gasteiger partial charge on any atom is 0.337 e. The molecular formula is C15H13BrN2O3. The highest BCUT2D eigenvalue weighted by Crippen LogP contribution is 2.16. The fourth-order valence-corrected chi connectivity index (χ4v) is 1.99. The van der Waals surface area contributed by atoms with Gasteiger partial charge in [0.15, 0.2) is 0 Å². The van der Waals surface area contributed by atoms with Crippen molar-refractivity contribution in [2.24, 2.45) is 0 Å².